The van der Waals surface area contributed by atoms with Crippen molar-refractivity contribution < 1.29 is 0 Å². The van der Waals surface area contributed by atoms with Gasteiger partial charge in [-0.15, -0.1) is 0 Å². The number of nitriles is 1. The number of nitrogens with zero attached hydrogens (tertiary/aromatic N) is 1. The summed E-state index contributed by atoms with van der Waals surface area (Å²) in [5.74, 6) is 0.678. The van der Waals surface area contributed by atoms with Gasteiger partial charge in [0.05, 0.1) is 6.07 Å². The van der Waals surface area contributed by atoms with Gasteiger partial charge in [-0.05, 0) is 24.2 Å². The first-order chi connectivity index (χ1) is 5.71. The highest BCUT2D eigenvalue weighted by atomic mass is 14.4. The molecular formula is C11H19N. The molecule has 1 heteroatoms. The zero-order chi connectivity index (χ0) is 9.03. The molecule has 0 amide bonds. The predicted octanol–water partition coefficient (Wildman–Crippen LogP) is 3.51. The summed E-state index contributed by atoms with van der Waals surface area (Å²) >= 11 is 0. The summed E-state index contributed by atoms with van der Waals surface area (Å²) in [7, 11) is 0. The Morgan fingerprint density at radius 2 is 1.83 bits per heavy atom. The quantitative estimate of drug-likeness (QED) is 0.614. The molecule has 1 fully saturated rings. The lowest BCUT2D eigenvalue weighted by molar-refractivity contribution is 0.123. The second-order valence-electron chi connectivity index (χ2n) is 4.41. The zero-order valence-electron chi connectivity index (χ0n) is 8.27. The summed E-state index contributed by atoms with van der Waals surface area (Å²) in [5, 5.41) is 8.78. The van der Waals surface area contributed by atoms with Gasteiger partial charge in [-0.3, -0.25) is 0 Å². The van der Waals surface area contributed by atoms with Crippen molar-refractivity contribution in [3.63, 3.8) is 0 Å². The fourth-order valence-corrected chi connectivity index (χ4v) is 2.37. The third kappa shape index (κ3) is 1.80. The van der Waals surface area contributed by atoms with E-state index in [-0.39, 0.29) is 0 Å². The Morgan fingerprint density at radius 1 is 1.25 bits per heavy atom. The Labute approximate surface area is 75.8 Å². The minimum absolute atomic E-state index is 0.368. The van der Waals surface area contributed by atoms with Crippen molar-refractivity contribution in [1.29, 1.82) is 5.26 Å². The van der Waals surface area contributed by atoms with Gasteiger partial charge >= 0.3 is 0 Å². The molecule has 0 unspecified atom stereocenters. The molecular weight excluding hydrogens is 146 g/mol. The number of hydrogen-bond donors (Lipinski definition) is 0. The van der Waals surface area contributed by atoms with E-state index in [4.69, 9.17) is 5.26 Å². The normalized spacial score (nSPS) is 22.2. The summed E-state index contributed by atoms with van der Waals surface area (Å²) in [6.07, 6.45) is 7.36. The van der Waals surface area contributed by atoms with Crippen LogP contribution in [0.15, 0.2) is 0 Å². The molecule has 0 aliphatic heterocycles. The lowest BCUT2D eigenvalue weighted by Crippen LogP contribution is -2.29. The fraction of sp³-hybridized carbons (Fsp3) is 0.909. The van der Waals surface area contributed by atoms with Gasteiger partial charge in [0, 0.05) is 6.42 Å². The largest absolute Gasteiger partial charge is 0.198 e. The topological polar surface area (TPSA) is 23.8 Å². The van der Waals surface area contributed by atoms with Gasteiger partial charge in [-0.1, -0.05) is 33.1 Å². The van der Waals surface area contributed by atoms with Gasteiger partial charge in [0.1, 0.15) is 0 Å². The highest BCUT2D eigenvalue weighted by Gasteiger charge is 2.34. The molecule has 0 heterocycles. The molecule has 0 aromatic carbocycles. The van der Waals surface area contributed by atoms with Crippen molar-refractivity contribution >= 4 is 0 Å². The van der Waals surface area contributed by atoms with Crippen molar-refractivity contribution in [2.24, 2.45) is 11.3 Å². The van der Waals surface area contributed by atoms with Crippen molar-refractivity contribution in [3.8, 4) is 6.07 Å². The molecule has 0 N–H and O–H groups in total. The van der Waals surface area contributed by atoms with Gasteiger partial charge in [0.15, 0.2) is 0 Å². The van der Waals surface area contributed by atoms with Crippen LogP contribution in [0.5, 0.6) is 0 Å². The van der Waals surface area contributed by atoms with E-state index in [0.717, 1.165) is 6.42 Å². The van der Waals surface area contributed by atoms with Crippen molar-refractivity contribution in [3.05, 3.63) is 0 Å². The Bertz CT molecular complexity index is 170. The zero-order valence-corrected chi connectivity index (χ0v) is 8.27. The first-order valence-electron chi connectivity index (χ1n) is 5.08. The maximum atomic E-state index is 8.78. The van der Waals surface area contributed by atoms with Crippen LogP contribution in [0.3, 0.4) is 0 Å². The van der Waals surface area contributed by atoms with Crippen LogP contribution in [0.2, 0.25) is 0 Å². The average Bonchev–Trinajstić information content (AvgIpc) is 2.06. The molecule has 12 heavy (non-hydrogen) atoms. The maximum absolute atomic E-state index is 8.78. The Kier molecular flexibility index (Phi) is 3.14. The molecule has 1 aliphatic carbocycles. The summed E-state index contributed by atoms with van der Waals surface area (Å²) in [6, 6.07) is 2.36. The van der Waals surface area contributed by atoms with Gasteiger partial charge in [-0.2, -0.15) is 5.26 Å². The molecule has 0 saturated heterocycles. The van der Waals surface area contributed by atoms with E-state index >= 15 is 0 Å². The third-order valence-corrected chi connectivity index (χ3v) is 3.51. The molecule has 0 bridgehead atoms. The van der Waals surface area contributed by atoms with Crippen molar-refractivity contribution in [2.45, 2.75) is 52.4 Å². The highest BCUT2D eigenvalue weighted by molar-refractivity contribution is 4.92. The Morgan fingerprint density at radius 3 is 2.25 bits per heavy atom. The van der Waals surface area contributed by atoms with Crippen LogP contribution in [0.1, 0.15) is 52.4 Å². The first-order valence-corrected chi connectivity index (χ1v) is 5.08. The van der Waals surface area contributed by atoms with E-state index in [1.54, 1.807) is 0 Å². The average molecular weight is 165 g/mol. The Balaban J connectivity index is 2.64. The van der Waals surface area contributed by atoms with Crippen LogP contribution in [0, 0.1) is 22.7 Å². The second kappa shape index (κ2) is 3.94. The number of hydrogen-bond acceptors (Lipinski definition) is 1. The molecule has 0 aromatic heterocycles. The second-order valence-corrected chi connectivity index (χ2v) is 4.41. The van der Waals surface area contributed by atoms with Crippen LogP contribution in [-0.4, -0.2) is 0 Å². The van der Waals surface area contributed by atoms with E-state index in [9.17, 15) is 0 Å². The van der Waals surface area contributed by atoms with Crippen LogP contribution in [-0.2, 0) is 0 Å². The lowest BCUT2D eigenvalue weighted by atomic mass is 9.65. The summed E-state index contributed by atoms with van der Waals surface area (Å²) in [6.45, 7) is 4.53. The smallest absolute Gasteiger partial charge is 0.0627 e. The minimum Gasteiger partial charge on any atom is -0.198 e. The van der Waals surface area contributed by atoms with Gasteiger partial charge in [0.2, 0.25) is 0 Å². The first kappa shape index (κ1) is 9.58. The molecule has 0 spiro atoms. The molecule has 1 aliphatic rings. The highest BCUT2D eigenvalue weighted by Crippen LogP contribution is 2.44. The molecule has 1 nitrogen and oxygen atoms in total. The third-order valence-electron chi connectivity index (χ3n) is 3.51. The lowest BCUT2D eigenvalue weighted by Gasteiger charge is -2.39. The Hall–Kier alpha value is -0.510. The standard InChI is InChI=1S/C11H19N/c1-10(2)11(8-9-12)6-4-3-5-7-11/h10H,3-8H2,1-2H3. The number of rotatable bonds is 2. The predicted molar refractivity (Wildman–Crippen MR) is 50.6 cm³/mol. The van der Waals surface area contributed by atoms with Crippen molar-refractivity contribution in [1.82, 2.24) is 0 Å². The maximum Gasteiger partial charge on any atom is 0.0627 e. The van der Waals surface area contributed by atoms with Crippen LogP contribution < -0.4 is 0 Å². The monoisotopic (exact) mass is 165 g/mol. The van der Waals surface area contributed by atoms with Crippen LogP contribution in [0.4, 0.5) is 0 Å². The van der Waals surface area contributed by atoms with Gasteiger partial charge < -0.3 is 0 Å². The molecule has 68 valence electrons. The SMILES string of the molecule is CC(C)C1(CC#N)CCCCC1. The molecule has 1 saturated carbocycles. The van der Waals surface area contributed by atoms with Gasteiger partial charge in [-0.25, -0.2) is 0 Å². The fourth-order valence-electron chi connectivity index (χ4n) is 2.37. The van der Waals surface area contributed by atoms with E-state index in [2.05, 4.69) is 19.9 Å². The molecule has 0 radical (unpaired) electrons. The van der Waals surface area contributed by atoms with E-state index in [1.165, 1.54) is 32.1 Å². The molecule has 1 rings (SSSR count). The summed E-state index contributed by atoms with van der Waals surface area (Å²) in [5.41, 5.74) is 0.368. The van der Waals surface area contributed by atoms with E-state index in [0.29, 0.717) is 11.3 Å². The molecule has 0 atom stereocenters. The summed E-state index contributed by atoms with van der Waals surface area (Å²) < 4.78 is 0. The van der Waals surface area contributed by atoms with Crippen molar-refractivity contribution in [2.75, 3.05) is 0 Å². The summed E-state index contributed by atoms with van der Waals surface area (Å²) in [4.78, 5) is 0. The van der Waals surface area contributed by atoms with E-state index < -0.39 is 0 Å². The van der Waals surface area contributed by atoms with Crippen LogP contribution >= 0.6 is 0 Å². The van der Waals surface area contributed by atoms with Crippen LogP contribution in [0.25, 0.3) is 0 Å². The molecule has 0 aromatic rings. The minimum atomic E-state index is 0.368. The van der Waals surface area contributed by atoms with Gasteiger partial charge in [0.25, 0.3) is 0 Å². The van der Waals surface area contributed by atoms with E-state index in [1.807, 2.05) is 0 Å².